The van der Waals surface area contributed by atoms with Gasteiger partial charge in [-0.25, -0.2) is 4.79 Å². The van der Waals surface area contributed by atoms with E-state index in [1.54, 1.807) is 7.11 Å². The van der Waals surface area contributed by atoms with Crippen molar-refractivity contribution in [2.24, 2.45) is 5.41 Å². The van der Waals surface area contributed by atoms with Gasteiger partial charge in [0.15, 0.2) is 0 Å². The Morgan fingerprint density at radius 3 is 2.38 bits per heavy atom. The van der Waals surface area contributed by atoms with Crippen molar-refractivity contribution < 1.29 is 19.4 Å². The zero-order valence-electron chi connectivity index (χ0n) is 10.0. The molecule has 0 radical (unpaired) electrons. The number of carbonyl (C=O) groups is 2. The second kappa shape index (κ2) is 4.82. The Morgan fingerprint density at radius 2 is 2.06 bits per heavy atom. The quantitative estimate of drug-likeness (QED) is 0.755. The largest absolute Gasteiger partial charge is 0.480 e. The van der Waals surface area contributed by atoms with E-state index in [-0.39, 0.29) is 5.91 Å². The van der Waals surface area contributed by atoms with Gasteiger partial charge in [-0.15, -0.1) is 0 Å². The lowest BCUT2D eigenvalue weighted by Gasteiger charge is -2.42. The van der Waals surface area contributed by atoms with Gasteiger partial charge >= 0.3 is 5.97 Å². The van der Waals surface area contributed by atoms with E-state index in [0.29, 0.717) is 6.61 Å². The predicted octanol–water partition coefficient (Wildman–Crippen LogP) is 0.735. The summed E-state index contributed by atoms with van der Waals surface area (Å²) in [6.07, 6.45) is 2.58. The molecule has 1 amide bonds. The Morgan fingerprint density at radius 1 is 1.50 bits per heavy atom. The van der Waals surface area contributed by atoms with Crippen LogP contribution in [0.5, 0.6) is 0 Å². The van der Waals surface area contributed by atoms with E-state index in [0.717, 1.165) is 19.3 Å². The molecule has 0 saturated heterocycles. The Labute approximate surface area is 95.4 Å². The summed E-state index contributed by atoms with van der Waals surface area (Å²) in [6.45, 7) is 1.89. The molecule has 0 heterocycles. The number of carboxylic acid groups (broad SMARTS) is 1. The van der Waals surface area contributed by atoms with Crippen LogP contribution in [0.4, 0.5) is 0 Å². The summed E-state index contributed by atoms with van der Waals surface area (Å²) in [5.41, 5.74) is -0.479. The van der Waals surface area contributed by atoms with Crippen LogP contribution in [0.15, 0.2) is 0 Å². The van der Waals surface area contributed by atoms with Crippen molar-refractivity contribution in [2.75, 3.05) is 20.8 Å². The zero-order valence-corrected chi connectivity index (χ0v) is 10.0. The first-order chi connectivity index (χ1) is 7.44. The van der Waals surface area contributed by atoms with Gasteiger partial charge in [0.25, 0.3) is 0 Å². The van der Waals surface area contributed by atoms with Gasteiger partial charge in [0, 0.05) is 14.2 Å². The molecule has 1 N–H and O–H groups in total. The molecule has 1 fully saturated rings. The highest BCUT2D eigenvalue weighted by atomic mass is 16.5. The maximum Gasteiger partial charge on any atom is 0.326 e. The number of ether oxygens (including phenoxy) is 1. The minimum atomic E-state index is -0.984. The molecule has 1 aliphatic carbocycles. The molecule has 0 aromatic heterocycles. The summed E-state index contributed by atoms with van der Waals surface area (Å²) in [7, 11) is 3.10. The molecule has 1 rings (SSSR count). The normalized spacial score (nSPS) is 19.7. The molecule has 0 spiro atoms. The minimum absolute atomic E-state index is 0.115. The van der Waals surface area contributed by atoms with Crippen molar-refractivity contribution in [3.63, 3.8) is 0 Å². The van der Waals surface area contributed by atoms with Crippen LogP contribution >= 0.6 is 0 Å². The van der Waals surface area contributed by atoms with Crippen molar-refractivity contribution in [3.8, 4) is 0 Å². The number of methoxy groups -OCH3 is 1. The maximum atomic E-state index is 12.2. The SMILES string of the molecule is COCC1(C(=O)N(C)C(C)C(=O)O)CCC1. The van der Waals surface area contributed by atoms with Crippen LogP contribution in [-0.2, 0) is 14.3 Å². The smallest absolute Gasteiger partial charge is 0.326 e. The number of carbonyl (C=O) groups excluding carboxylic acids is 1. The van der Waals surface area contributed by atoms with Crippen LogP contribution in [-0.4, -0.2) is 48.7 Å². The van der Waals surface area contributed by atoms with E-state index in [2.05, 4.69) is 0 Å². The second-order valence-electron chi connectivity index (χ2n) is 4.50. The molecular weight excluding hydrogens is 210 g/mol. The molecule has 0 aliphatic heterocycles. The number of hydrogen-bond donors (Lipinski definition) is 1. The molecule has 0 aromatic rings. The Kier molecular flexibility index (Phi) is 3.91. The number of rotatable bonds is 5. The van der Waals surface area contributed by atoms with Gasteiger partial charge in [-0.3, -0.25) is 4.79 Å². The van der Waals surface area contributed by atoms with Gasteiger partial charge in [-0.05, 0) is 19.8 Å². The summed E-state index contributed by atoms with van der Waals surface area (Å²) >= 11 is 0. The van der Waals surface area contributed by atoms with E-state index >= 15 is 0 Å². The third-order valence-electron chi connectivity index (χ3n) is 3.44. The maximum absolute atomic E-state index is 12.2. The second-order valence-corrected chi connectivity index (χ2v) is 4.50. The first kappa shape index (κ1) is 13.0. The number of nitrogens with zero attached hydrogens (tertiary/aromatic N) is 1. The van der Waals surface area contributed by atoms with Crippen LogP contribution in [0.2, 0.25) is 0 Å². The summed E-state index contributed by atoms with van der Waals surface area (Å²) in [5.74, 6) is -1.10. The molecule has 0 bridgehead atoms. The first-order valence-electron chi connectivity index (χ1n) is 5.43. The topological polar surface area (TPSA) is 66.8 Å². The van der Waals surface area contributed by atoms with E-state index < -0.39 is 17.4 Å². The van der Waals surface area contributed by atoms with Gasteiger partial charge in [-0.2, -0.15) is 0 Å². The Hall–Kier alpha value is -1.10. The monoisotopic (exact) mass is 229 g/mol. The van der Waals surface area contributed by atoms with Gasteiger partial charge in [0.1, 0.15) is 6.04 Å². The molecule has 1 aliphatic rings. The molecule has 1 unspecified atom stereocenters. The Bertz CT molecular complexity index is 286. The van der Waals surface area contributed by atoms with Crippen LogP contribution in [0.25, 0.3) is 0 Å². The average Bonchev–Trinajstić information content (AvgIpc) is 2.20. The standard InChI is InChI=1S/C11H19NO4/c1-8(9(13)14)12(2)10(15)11(7-16-3)5-4-6-11/h8H,4-7H2,1-3H3,(H,13,14). The molecule has 5 heteroatoms. The lowest BCUT2D eigenvalue weighted by atomic mass is 9.68. The van der Waals surface area contributed by atoms with Gasteiger partial charge < -0.3 is 14.7 Å². The molecule has 0 aromatic carbocycles. The molecule has 5 nitrogen and oxygen atoms in total. The minimum Gasteiger partial charge on any atom is -0.480 e. The molecule has 1 saturated carbocycles. The number of amides is 1. The van der Waals surface area contributed by atoms with Gasteiger partial charge in [-0.1, -0.05) is 6.42 Å². The number of aliphatic carboxylic acids is 1. The van der Waals surface area contributed by atoms with Gasteiger partial charge in [0.05, 0.1) is 12.0 Å². The molecule has 92 valence electrons. The van der Waals surface area contributed by atoms with Crippen LogP contribution in [0, 0.1) is 5.41 Å². The van der Waals surface area contributed by atoms with Crippen LogP contribution < -0.4 is 0 Å². The van der Waals surface area contributed by atoms with E-state index in [1.807, 2.05) is 0 Å². The predicted molar refractivity (Wildman–Crippen MR) is 58.0 cm³/mol. The van der Waals surface area contributed by atoms with Crippen molar-refractivity contribution in [1.82, 2.24) is 4.90 Å². The number of carboxylic acids is 1. The number of likely N-dealkylation sites (N-methyl/N-ethyl adjacent to an activating group) is 1. The van der Waals surface area contributed by atoms with E-state index in [4.69, 9.17) is 9.84 Å². The van der Waals surface area contributed by atoms with Crippen molar-refractivity contribution in [2.45, 2.75) is 32.2 Å². The van der Waals surface area contributed by atoms with Crippen molar-refractivity contribution in [1.29, 1.82) is 0 Å². The highest BCUT2D eigenvalue weighted by Crippen LogP contribution is 2.42. The fourth-order valence-corrected chi connectivity index (χ4v) is 2.02. The zero-order chi connectivity index (χ0) is 12.3. The number of hydrogen-bond acceptors (Lipinski definition) is 3. The fraction of sp³-hybridized carbons (Fsp3) is 0.818. The molecule has 1 atom stereocenters. The lowest BCUT2D eigenvalue weighted by Crippen LogP contribution is -2.53. The summed E-state index contributed by atoms with van der Waals surface area (Å²) in [4.78, 5) is 24.3. The highest BCUT2D eigenvalue weighted by Gasteiger charge is 2.46. The van der Waals surface area contributed by atoms with Crippen LogP contribution in [0.3, 0.4) is 0 Å². The van der Waals surface area contributed by atoms with E-state index in [1.165, 1.54) is 18.9 Å². The third kappa shape index (κ3) is 2.19. The molecule has 16 heavy (non-hydrogen) atoms. The average molecular weight is 229 g/mol. The third-order valence-corrected chi connectivity index (χ3v) is 3.44. The van der Waals surface area contributed by atoms with Crippen molar-refractivity contribution in [3.05, 3.63) is 0 Å². The van der Waals surface area contributed by atoms with E-state index in [9.17, 15) is 9.59 Å². The first-order valence-corrected chi connectivity index (χ1v) is 5.43. The molecular formula is C11H19NO4. The lowest BCUT2D eigenvalue weighted by molar-refractivity contribution is -0.159. The van der Waals surface area contributed by atoms with Crippen LogP contribution in [0.1, 0.15) is 26.2 Å². The Balaban J connectivity index is 2.72. The highest BCUT2D eigenvalue weighted by molar-refractivity contribution is 5.87. The van der Waals surface area contributed by atoms with Gasteiger partial charge in [0.2, 0.25) is 5.91 Å². The fourth-order valence-electron chi connectivity index (χ4n) is 2.02. The summed E-state index contributed by atoms with van der Waals surface area (Å²) in [6, 6.07) is -0.790. The summed E-state index contributed by atoms with van der Waals surface area (Å²) in [5, 5.41) is 8.86. The summed E-state index contributed by atoms with van der Waals surface area (Å²) < 4.78 is 5.07. The van der Waals surface area contributed by atoms with Crippen molar-refractivity contribution >= 4 is 11.9 Å².